The molecule has 1 amide bonds. The highest BCUT2D eigenvalue weighted by Crippen LogP contribution is 2.26. The van der Waals surface area contributed by atoms with E-state index >= 15 is 0 Å². The number of amides is 1. The molecule has 21 heavy (non-hydrogen) atoms. The summed E-state index contributed by atoms with van der Waals surface area (Å²) < 4.78 is 5.43. The van der Waals surface area contributed by atoms with Crippen molar-refractivity contribution < 1.29 is 19.1 Å². The van der Waals surface area contributed by atoms with E-state index in [-0.39, 0.29) is 6.04 Å². The molecule has 118 valence electrons. The van der Waals surface area contributed by atoms with Gasteiger partial charge in [-0.05, 0) is 40.5 Å². The summed E-state index contributed by atoms with van der Waals surface area (Å²) in [5, 5.41) is 0. The van der Waals surface area contributed by atoms with E-state index in [9.17, 15) is 9.59 Å². The Morgan fingerprint density at radius 2 is 1.86 bits per heavy atom. The first-order chi connectivity index (χ1) is 9.76. The number of nitrogens with zero attached hydrogens (tertiary/aromatic N) is 3. The molecule has 1 saturated carbocycles. The maximum Gasteiger partial charge on any atom is 0.411 e. The Morgan fingerprint density at radius 3 is 2.33 bits per heavy atom. The van der Waals surface area contributed by atoms with Crippen molar-refractivity contribution in [3.8, 4) is 0 Å². The highest BCUT2D eigenvalue weighted by molar-refractivity contribution is 6.27. The zero-order chi connectivity index (χ0) is 16.0. The minimum absolute atomic E-state index is 0.000331. The number of rotatable bonds is 4. The van der Waals surface area contributed by atoms with E-state index in [4.69, 9.17) is 10.3 Å². The van der Waals surface area contributed by atoms with Gasteiger partial charge in [0.15, 0.2) is 0 Å². The average molecular weight is 295 g/mol. The Balaban J connectivity index is 2.95. The Bertz CT molecular complexity index is 430. The molecule has 0 spiro atoms. The van der Waals surface area contributed by atoms with Gasteiger partial charge in [-0.2, -0.15) is 4.79 Å². The van der Waals surface area contributed by atoms with Crippen LogP contribution in [0.3, 0.4) is 0 Å². The smallest absolute Gasteiger partial charge is 0.411 e. The lowest BCUT2D eigenvalue weighted by Gasteiger charge is -2.37. The fourth-order valence-electron chi connectivity index (χ4n) is 2.60. The Hall–Kier alpha value is -1.68. The molecule has 6 heteroatoms. The third kappa shape index (κ3) is 5.31. The van der Waals surface area contributed by atoms with Crippen LogP contribution in [0.1, 0.15) is 59.8 Å². The van der Waals surface area contributed by atoms with Gasteiger partial charge < -0.3 is 10.3 Å². The van der Waals surface area contributed by atoms with Crippen LogP contribution in [0.5, 0.6) is 0 Å². The van der Waals surface area contributed by atoms with Crippen molar-refractivity contribution in [2.45, 2.75) is 77.5 Å². The van der Waals surface area contributed by atoms with E-state index < -0.39 is 23.5 Å². The summed E-state index contributed by atoms with van der Waals surface area (Å²) in [6, 6.07) is -0.696. The number of carbonyl (C=O) groups excluding carboxylic acids is 2. The fraction of sp³-hybridized carbons (Fsp3) is 0.800. The first-order valence-electron chi connectivity index (χ1n) is 7.49. The summed E-state index contributed by atoms with van der Waals surface area (Å²) in [5.41, 5.74) is 7.90. The Kier molecular flexibility index (Phi) is 6.09. The molecule has 1 aliphatic carbocycles. The van der Waals surface area contributed by atoms with Crippen LogP contribution in [0.25, 0.3) is 5.53 Å². The molecule has 1 fully saturated rings. The third-order valence-corrected chi connectivity index (χ3v) is 3.59. The van der Waals surface area contributed by atoms with Gasteiger partial charge in [-0.3, -0.25) is 9.69 Å². The standard InChI is InChI=1S/C15H25N3O3/c1-11(13(19)10-17-16)18(12-8-6-5-7-9-12)14(20)21-15(2,3)4/h10-12H,5-9H2,1-4H3/t11-/m0/s1. The van der Waals surface area contributed by atoms with Gasteiger partial charge in [0.1, 0.15) is 11.6 Å². The van der Waals surface area contributed by atoms with Crippen LogP contribution in [0.15, 0.2) is 0 Å². The molecular formula is C15H25N3O3. The Morgan fingerprint density at radius 1 is 1.29 bits per heavy atom. The molecule has 1 rings (SSSR count). The van der Waals surface area contributed by atoms with Crippen molar-refractivity contribution in [3.63, 3.8) is 0 Å². The number of Topliss-reactive ketones (excluding diaryl/α,β-unsaturated/α-hetero) is 1. The van der Waals surface area contributed by atoms with E-state index in [2.05, 4.69) is 4.79 Å². The SMILES string of the molecule is C[C@@H](C(=O)C=[N+]=[N-])N(C(=O)OC(C)(C)C)C1CCCCC1. The molecule has 0 radical (unpaired) electrons. The highest BCUT2D eigenvalue weighted by atomic mass is 16.6. The van der Waals surface area contributed by atoms with Crippen molar-refractivity contribution in [1.82, 2.24) is 4.90 Å². The van der Waals surface area contributed by atoms with E-state index in [1.807, 2.05) is 0 Å². The van der Waals surface area contributed by atoms with E-state index in [0.717, 1.165) is 38.3 Å². The molecule has 0 unspecified atom stereocenters. The second-order valence-corrected chi connectivity index (χ2v) is 6.50. The molecule has 0 saturated heterocycles. The second kappa shape index (κ2) is 7.36. The summed E-state index contributed by atoms with van der Waals surface area (Å²) in [6.45, 7) is 7.03. The number of hydrogen-bond acceptors (Lipinski definition) is 3. The quantitative estimate of drug-likeness (QED) is 0.454. The van der Waals surface area contributed by atoms with Crippen LogP contribution in [0.2, 0.25) is 0 Å². The molecule has 0 aliphatic heterocycles. The van der Waals surface area contributed by atoms with Crippen molar-refractivity contribution in [2.24, 2.45) is 0 Å². The lowest BCUT2D eigenvalue weighted by Crippen LogP contribution is -2.52. The Labute approximate surface area is 126 Å². The highest BCUT2D eigenvalue weighted by Gasteiger charge is 2.36. The van der Waals surface area contributed by atoms with E-state index in [0.29, 0.717) is 0 Å². The van der Waals surface area contributed by atoms with Gasteiger partial charge in [-0.1, -0.05) is 19.3 Å². The van der Waals surface area contributed by atoms with Crippen LogP contribution in [0, 0.1) is 0 Å². The third-order valence-electron chi connectivity index (χ3n) is 3.59. The molecule has 0 heterocycles. The molecule has 0 aromatic rings. The number of carbonyl (C=O) groups is 2. The van der Waals surface area contributed by atoms with Crippen LogP contribution in [-0.2, 0) is 9.53 Å². The summed E-state index contributed by atoms with van der Waals surface area (Å²) in [4.78, 5) is 28.7. The van der Waals surface area contributed by atoms with Gasteiger partial charge in [0.2, 0.25) is 0 Å². The van der Waals surface area contributed by atoms with Gasteiger partial charge >= 0.3 is 12.3 Å². The van der Waals surface area contributed by atoms with Crippen LogP contribution >= 0.6 is 0 Å². The predicted octanol–water partition coefficient (Wildman–Crippen LogP) is 2.81. The van der Waals surface area contributed by atoms with Crippen molar-refractivity contribution >= 4 is 18.1 Å². The molecular weight excluding hydrogens is 270 g/mol. The van der Waals surface area contributed by atoms with E-state index in [1.165, 1.54) is 4.90 Å². The van der Waals surface area contributed by atoms with Crippen molar-refractivity contribution in [2.75, 3.05) is 0 Å². The fourth-order valence-corrected chi connectivity index (χ4v) is 2.60. The maximum absolute atomic E-state index is 12.5. The van der Waals surface area contributed by atoms with Gasteiger partial charge in [0, 0.05) is 6.04 Å². The van der Waals surface area contributed by atoms with Gasteiger partial charge in [-0.15, -0.1) is 0 Å². The summed E-state index contributed by atoms with van der Waals surface area (Å²) >= 11 is 0. The van der Waals surface area contributed by atoms with Crippen LogP contribution in [-0.4, -0.2) is 45.5 Å². The lowest BCUT2D eigenvalue weighted by atomic mass is 9.93. The van der Waals surface area contributed by atoms with Gasteiger partial charge in [0.05, 0.1) is 0 Å². The van der Waals surface area contributed by atoms with Crippen LogP contribution in [0.4, 0.5) is 4.79 Å². The number of hydrogen-bond donors (Lipinski definition) is 0. The minimum atomic E-state index is -0.696. The molecule has 0 N–H and O–H groups in total. The summed E-state index contributed by atoms with van der Waals surface area (Å²) in [6.07, 6.45) is 5.32. The van der Waals surface area contributed by atoms with Crippen molar-refractivity contribution in [3.05, 3.63) is 5.53 Å². The monoisotopic (exact) mass is 295 g/mol. The van der Waals surface area contributed by atoms with Crippen molar-refractivity contribution in [1.29, 1.82) is 0 Å². The maximum atomic E-state index is 12.5. The molecule has 0 aromatic heterocycles. The first kappa shape index (κ1) is 17.4. The summed E-state index contributed by atoms with van der Waals surface area (Å²) in [5.74, 6) is -0.408. The molecule has 6 nitrogen and oxygen atoms in total. The molecule has 0 bridgehead atoms. The normalized spacial score (nSPS) is 17.5. The molecule has 1 aliphatic rings. The van der Waals surface area contributed by atoms with Crippen LogP contribution < -0.4 is 0 Å². The second-order valence-electron chi connectivity index (χ2n) is 6.50. The topological polar surface area (TPSA) is 83.0 Å². The first-order valence-corrected chi connectivity index (χ1v) is 7.49. The zero-order valence-corrected chi connectivity index (χ0v) is 13.3. The van der Waals surface area contributed by atoms with E-state index in [1.54, 1.807) is 27.7 Å². The molecule has 1 atom stereocenters. The summed E-state index contributed by atoms with van der Waals surface area (Å²) in [7, 11) is 0. The van der Waals surface area contributed by atoms with Gasteiger partial charge in [0.25, 0.3) is 5.78 Å². The van der Waals surface area contributed by atoms with Gasteiger partial charge in [-0.25, -0.2) is 4.79 Å². The largest absolute Gasteiger partial charge is 0.444 e. The predicted molar refractivity (Wildman–Crippen MR) is 79.1 cm³/mol. The average Bonchev–Trinajstić information content (AvgIpc) is 2.38. The zero-order valence-electron chi connectivity index (χ0n) is 13.3. The number of ether oxygens (including phenoxy) is 1. The number of ketones is 1. The lowest BCUT2D eigenvalue weighted by molar-refractivity contribution is -0.121. The molecule has 0 aromatic carbocycles. The minimum Gasteiger partial charge on any atom is -0.444 e.